The summed E-state index contributed by atoms with van der Waals surface area (Å²) in [6.45, 7) is 15.9. The van der Waals surface area contributed by atoms with E-state index in [-0.39, 0.29) is 55.4 Å². The van der Waals surface area contributed by atoms with Crippen LogP contribution in [-0.2, 0) is 23.9 Å². The molecule has 0 N–H and O–H groups in total. The summed E-state index contributed by atoms with van der Waals surface area (Å²) in [5, 5.41) is 0.550. The normalized spacial score (nSPS) is 17.6. The molecular weight excluding hydrogens is 989 g/mol. The lowest BCUT2D eigenvalue weighted by Crippen LogP contribution is -2.48. The van der Waals surface area contributed by atoms with Crippen LogP contribution in [0.3, 0.4) is 0 Å². The number of hydrogen-bond donors (Lipinski definition) is 0. The zero-order valence-corrected chi connectivity index (χ0v) is 42.6. The number of ketones is 1. The number of rotatable bonds is 5. The summed E-state index contributed by atoms with van der Waals surface area (Å²) in [6.07, 6.45) is 2.65. The molecule has 71 heavy (non-hydrogen) atoms. The number of benzene rings is 3. The van der Waals surface area contributed by atoms with Gasteiger partial charge in [-0.15, -0.1) is 22.7 Å². The molecule has 3 aliphatic rings. The van der Waals surface area contributed by atoms with Crippen molar-refractivity contribution in [1.29, 1.82) is 0 Å². The first-order chi connectivity index (χ1) is 33.0. The predicted molar refractivity (Wildman–Crippen MR) is 264 cm³/mol. The lowest BCUT2D eigenvalue weighted by molar-refractivity contribution is -0.254. The Morgan fingerprint density at radius 2 is 1.24 bits per heavy atom. The van der Waals surface area contributed by atoms with Crippen LogP contribution in [0.1, 0.15) is 85.8 Å². The largest absolute Gasteiger partial charge is 0.466 e. The highest BCUT2D eigenvalue weighted by Crippen LogP contribution is 2.67. The Labute approximate surface area is 413 Å². The van der Waals surface area contributed by atoms with E-state index in [1.165, 1.54) is 56.1 Å². The summed E-state index contributed by atoms with van der Waals surface area (Å²) < 4.78 is 126. The van der Waals surface area contributed by atoms with Crippen molar-refractivity contribution < 1.29 is 62.5 Å². The Bertz CT molecular complexity index is 3490. The average molecular weight is 1030 g/mol. The molecule has 2 aliphatic carbocycles. The van der Waals surface area contributed by atoms with Crippen LogP contribution >= 0.6 is 22.7 Å². The number of nitrogens with zero attached hydrogens (tertiary/aromatic N) is 3. The number of alkyl halides is 6. The summed E-state index contributed by atoms with van der Waals surface area (Å²) >= 11 is 2.27. The van der Waals surface area contributed by atoms with Gasteiger partial charge in [-0.2, -0.15) is 39.6 Å². The number of carbonyl (C=O) groups is 3. The monoisotopic (exact) mass is 1030 g/mol. The maximum absolute atomic E-state index is 15.4. The molecule has 2 amide bonds. The number of likely N-dealkylation sites (tertiary alicyclic amines) is 1. The number of thiophene rings is 2. The summed E-state index contributed by atoms with van der Waals surface area (Å²) in [7, 11) is -1.33. The first-order valence-electron chi connectivity index (χ1n) is 21.6. The smallest absolute Gasteiger partial charge is 0.380 e. The van der Waals surface area contributed by atoms with Crippen LogP contribution in [0.5, 0.6) is 0 Å². The molecular formula is C52H45F6N3O7S3. The summed E-state index contributed by atoms with van der Waals surface area (Å²) in [6, 6.07) is 16.0. The van der Waals surface area contributed by atoms with E-state index < -0.39 is 44.8 Å². The van der Waals surface area contributed by atoms with E-state index in [9.17, 15) is 31.6 Å². The van der Waals surface area contributed by atoms with Crippen molar-refractivity contribution in [2.75, 3.05) is 14.2 Å². The Balaban J connectivity index is 0.000000168. The third-order valence-corrected chi connectivity index (χ3v) is 15.8. The van der Waals surface area contributed by atoms with E-state index in [2.05, 4.69) is 8.97 Å². The van der Waals surface area contributed by atoms with Crippen molar-refractivity contribution in [3.63, 3.8) is 0 Å². The van der Waals surface area contributed by atoms with Gasteiger partial charge < -0.3 is 9.95 Å². The molecule has 1 fully saturated rings. The lowest BCUT2D eigenvalue weighted by atomic mass is 9.91. The number of Topliss-reactive ketones (excluding diaryl/α,β-unsaturated/α-hetero) is 1. The van der Waals surface area contributed by atoms with Crippen molar-refractivity contribution in [2.24, 2.45) is 0 Å². The third kappa shape index (κ3) is 8.56. The van der Waals surface area contributed by atoms with Crippen LogP contribution < -0.4 is 0 Å². The van der Waals surface area contributed by atoms with Gasteiger partial charge in [0.15, 0.2) is 0 Å². The fourth-order valence-corrected chi connectivity index (χ4v) is 12.1. The van der Waals surface area contributed by atoms with E-state index in [0.29, 0.717) is 30.3 Å². The Morgan fingerprint density at radius 1 is 0.732 bits per heavy atom. The average Bonchev–Trinajstić information content (AvgIpc) is 4.01. The first kappa shape index (κ1) is 52.3. The zero-order valence-electron chi connectivity index (χ0n) is 40.1. The van der Waals surface area contributed by atoms with Gasteiger partial charge in [0.1, 0.15) is 16.4 Å². The topological polar surface area (TPSA) is 147 Å². The number of fused-ring (bicyclic) bond motifs is 3. The van der Waals surface area contributed by atoms with Crippen molar-refractivity contribution in [3.05, 3.63) is 149 Å². The maximum Gasteiger partial charge on any atom is 0.380 e. The molecule has 10 nitrogen and oxygen atoms in total. The highest BCUT2D eigenvalue weighted by atomic mass is 32.2. The molecule has 0 bridgehead atoms. The van der Waals surface area contributed by atoms with E-state index in [0.717, 1.165) is 69.1 Å². The molecule has 6 aromatic rings. The van der Waals surface area contributed by atoms with Gasteiger partial charge in [0.05, 0.1) is 18.3 Å². The first-order valence-corrected chi connectivity index (χ1v) is 24.7. The van der Waals surface area contributed by atoms with E-state index in [4.69, 9.17) is 9.95 Å². The maximum atomic E-state index is 15.4. The van der Waals surface area contributed by atoms with E-state index in [1.54, 1.807) is 36.4 Å². The van der Waals surface area contributed by atoms with Crippen LogP contribution in [0.15, 0.2) is 92.8 Å². The summed E-state index contributed by atoms with van der Waals surface area (Å²) in [5.74, 6) is -15.1. The predicted octanol–water partition coefficient (Wildman–Crippen LogP) is 13.1. The minimum Gasteiger partial charge on any atom is -0.466 e. The highest BCUT2D eigenvalue weighted by molar-refractivity contribution is 7.86. The van der Waals surface area contributed by atoms with Gasteiger partial charge in [-0.25, -0.2) is 0 Å². The van der Waals surface area contributed by atoms with Gasteiger partial charge in [0.25, 0.3) is 27.7 Å². The molecule has 3 aromatic heterocycles. The fourth-order valence-electron chi connectivity index (χ4n) is 8.93. The van der Waals surface area contributed by atoms with Gasteiger partial charge >= 0.3 is 23.5 Å². The van der Waals surface area contributed by atoms with Crippen LogP contribution in [0.4, 0.5) is 26.3 Å². The number of amides is 2. The second kappa shape index (κ2) is 18.6. The molecule has 0 saturated carbocycles. The highest BCUT2D eigenvalue weighted by Gasteiger charge is 2.80. The molecule has 370 valence electrons. The van der Waals surface area contributed by atoms with E-state index in [1.807, 2.05) is 54.5 Å². The Kier molecular flexibility index (Phi) is 13.7. The van der Waals surface area contributed by atoms with Crippen molar-refractivity contribution in [3.8, 4) is 0 Å². The minimum absolute atomic E-state index is 0.0934. The summed E-state index contributed by atoms with van der Waals surface area (Å²) in [5.41, 5.74) is 11.1. The Hall–Kier alpha value is -6.50. The fraction of sp³-hybridized carbons (Fsp3) is 0.269. The van der Waals surface area contributed by atoms with E-state index >= 15 is 17.6 Å². The van der Waals surface area contributed by atoms with Crippen molar-refractivity contribution in [1.82, 2.24) is 4.90 Å². The van der Waals surface area contributed by atoms with Crippen LogP contribution in [0.2, 0.25) is 0 Å². The number of halogens is 6. The number of allylic oxidation sites excluding steroid dienone is 5. The van der Waals surface area contributed by atoms with Gasteiger partial charge in [0.2, 0.25) is 0 Å². The number of aryl methyl sites for hydroxylation is 6. The molecule has 3 aromatic carbocycles. The number of furan rings is 1. The van der Waals surface area contributed by atoms with Crippen LogP contribution in [-0.4, -0.2) is 73.3 Å². The van der Waals surface area contributed by atoms with Crippen molar-refractivity contribution in [2.45, 2.75) is 85.0 Å². The number of likely N-dealkylation sites (N-methyl/N-ethyl adjacent to an activating group) is 1. The van der Waals surface area contributed by atoms with Crippen LogP contribution in [0, 0.1) is 41.5 Å². The van der Waals surface area contributed by atoms with Gasteiger partial charge in [-0.3, -0.25) is 23.5 Å². The SMILES string of the molecule is CC(C)=C1C(=O)N(C)C(=O)/C1=C(\C)c1cc(C)oc1C.COS(=O)(=O)c1cccc2c1C=CC(=[N+]=[N-])C2=O.Cc1ccc2c(C3=C(c4c(C)sc5cc(C)ccc45)C(F)(F)C(F)(F)C3(F)F)c(C)sc2c1. The molecule has 1 saturated heterocycles. The minimum atomic E-state index is -5.57. The molecule has 1 aliphatic heterocycles. The molecule has 9 rings (SSSR count). The van der Waals surface area contributed by atoms with Crippen molar-refractivity contribution >= 4 is 99.1 Å². The molecule has 0 radical (unpaired) electrons. The molecule has 0 spiro atoms. The second-order valence-electron chi connectivity index (χ2n) is 17.4. The molecule has 4 heterocycles. The zero-order chi connectivity index (χ0) is 52.6. The number of carbonyl (C=O) groups excluding carboxylic acids is 3. The van der Waals surface area contributed by atoms with Gasteiger partial charge in [-0.1, -0.05) is 42.0 Å². The third-order valence-electron chi connectivity index (χ3n) is 12.4. The molecule has 0 atom stereocenters. The number of imide groups is 1. The molecule has 19 heteroatoms. The summed E-state index contributed by atoms with van der Waals surface area (Å²) in [4.78, 5) is 40.9. The second-order valence-corrected chi connectivity index (χ2v) is 21.6. The van der Waals surface area contributed by atoms with Gasteiger partial charge in [0, 0.05) is 82.0 Å². The lowest BCUT2D eigenvalue weighted by Gasteiger charge is -2.26. The van der Waals surface area contributed by atoms with Crippen LogP contribution in [0.25, 0.3) is 48.5 Å². The number of hydrogen-bond acceptors (Lipinski definition) is 9. The quantitative estimate of drug-likeness (QED) is 0.0417. The van der Waals surface area contributed by atoms with Gasteiger partial charge in [-0.05, 0) is 109 Å². The standard InChI is InChI=1S/C25H18F6S2.C16H19NO3.C11H8N2O4S/c1-11-5-7-15-17(9-11)32-13(3)19(15)21-22(24(28,29)25(30,31)23(21,26)27)20-14(4)33-18-10-12(2)6-8-16(18)20;1-8(2)13-14(16(19)17(6)15(13)18)10(4)12-7-9(3)20-11(12)5;1-17-18(15,16)10-4-2-3-8-7(10)5-6-9(13-12)11(8)14/h5-10H,1-4H3;7H,1-6H3;2-6H,1H3/b;14-10+;. The Morgan fingerprint density at radius 3 is 1.69 bits per heavy atom. The molecule has 0 unspecified atom stereocenters.